The normalized spacial score (nSPS) is 22.1. The highest BCUT2D eigenvalue weighted by Gasteiger charge is 2.28. The van der Waals surface area contributed by atoms with Gasteiger partial charge in [0.15, 0.2) is 0 Å². The molecule has 1 aromatic heterocycles. The van der Waals surface area contributed by atoms with Crippen LogP contribution in [0.4, 0.5) is 0 Å². The van der Waals surface area contributed by atoms with Gasteiger partial charge >= 0.3 is 0 Å². The van der Waals surface area contributed by atoms with Gasteiger partial charge in [-0.05, 0) is 37.0 Å². The van der Waals surface area contributed by atoms with Gasteiger partial charge in [0, 0.05) is 31.2 Å². The van der Waals surface area contributed by atoms with Crippen molar-refractivity contribution in [1.29, 1.82) is 0 Å². The first-order chi connectivity index (χ1) is 11.0. The van der Waals surface area contributed by atoms with E-state index in [1.54, 1.807) is 6.20 Å². The predicted molar refractivity (Wildman–Crippen MR) is 91.3 cm³/mol. The lowest BCUT2D eigenvalue weighted by Gasteiger charge is -2.29. The van der Waals surface area contributed by atoms with E-state index in [-0.39, 0.29) is 11.3 Å². The van der Waals surface area contributed by atoms with E-state index < -0.39 is 9.84 Å². The number of nitrogens with one attached hydrogen (secondary N) is 1. The zero-order chi connectivity index (χ0) is 16.3. The molecule has 1 aliphatic rings. The van der Waals surface area contributed by atoms with Crippen molar-refractivity contribution in [3.05, 3.63) is 48.3 Å². The molecule has 0 bridgehead atoms. The van der Waals surface area contributed by atoms with Gasteiger partial charge in [-0.15, -0.1) is 0 Å². The van der Waals surface area contributed by atoms with Crippen LogP contribution in [0.5, 0.6) is 0 Å². The summed E-state index contributed by atoms with van der Waals surface area (Å²) in [5.74, 6) is 0. The van der Waals surface area contributed by atoms with Gasteiger partial charge in [-0.2, -0.15) is 5.10 Å². The highest BCUT2D eigenvalue weighted by molar-refractivity contribution is 7.91. The Morgan fingerprint density at radius 1 is 1.26 bits per heavy atom. The number of para-hydroxylation sites is 1. The van der Waals surface area contributed by atoms with Crippen molar-refractivity contribution in [2.75, 3.05) is 6.26 Å². The van der Waals surface area contributed by atoms with Crippen LogP contribution in [0.1, 0.15) is 31.2 Å². The molecule has 1 saturated carbocycles. The summed E-state index contributed by atoms with van der Waals surface area (Å²) in [7, 11) is -2.94. The number of nitrogens with zero attached hydrogens (tertiary/aromatic N) is 2. The van der Waals surface area contributed by atoms with E-state index >= 15 is 0 Å². The third-order valence-corrected chi connectivity index (χ3v) is 6.19. The van der Waals surface area contributed by atoms with E-state index in [4.69, 9.17) is 0 Å². The van der Waals surface area contributed by atoms with Crippen molar-refractivity contribution >= 4 is 9.84 Å². The van der Waals surface area contributed by atoms with Crippen molar-refractivity contribution in [3.63, 3.8) is 0 Å². The molecule has 0 amide bonds. The first-order valence-electron chi connectivity index (χ1n) is 8.04. The Balaban J connectivity index is 1.67. The molecule has 1 aliphatic carbocycles. The highest BCUT2D eigenvalue weighted by Crippen LogP contribution is 2.24. The third kappa shape index (κ3) is 4.00. The van der Waals surface area contributed by atoms with E-state index in [0.29, 0.717) is 6.42 Å². The maximum Gasteiger partial charge on any atom is 0.150 e. The molecule has 1 N–H and O–H groups in total. The molecule has 0 aliphatic heterocycles. The second-order valence-electron chi connectivity index (χ2n) is 6.28. The van der Waals surface area contributed by atoms with Crippen LogP contribution >= 0.6 is 0 Å². The van der Waals surface area contributed by atoms with Gasteiger partial charge in [0.1, 0.15) is 9.84 Å². The zero-order valence-corrected chi connectivity index (χ0v) is 14.2. The molecular weight excluding hydrogens is 310 g/mol. The fourth-order valence-electron chi connectivity index (χ4n) is 3.27. The summed E-state index contributed by atoms with van der Waals surface area (Å²) in [6.45, 7) is 0.719. The van der Waals surface area contributed by atoms with Gasteiger partial charge in [0.05, 0.1) is 10.9 Å². The second kappa shape index (κ2) is 6.84. The molecule has 6 heteroatoms. The Hall–Kier alpha value is -1.66. The van der Waals surface area contributed by atoms with Crippen molar-refractivity contribution in [2.24, 2.45) is 0 Å². The molecule has 3 rings (SSSR count). The molecule has 0 saturated heterocycles. The van der Waals surface area contributed by atoms with Crippen molar-refractivity contribution in [3.8, 4) is 5.69 Å². The minimum atomic E-state index is -2.94. The molecular formula is C17H23N3O2S. The maximum atomic E-state index is 11.8. The summed E-state index contributed by atoms with van der Waals surface area (Å²) in [6.07, 6.45) is 8.56. The number of hydrogen-bond donors (Lipinski definition) is 1. The zero-order valence-electron chi connectivity index (χ0n) is 13.4. The highest BCUT2D eigenvalue weighted by atomic mass is 32.2. The lowest BCUT2D eigenvalue weighted by Crippen LogP contribution is -2.38. The molecule has 1 aromatic carbocycles. The van der Waals surface area contributed by atoms with Gasteiger partial charge in [0.25, 0.3) is 0 Å². The monoisotopic (exact) mass is 333 g/mol. The van der Waals surface area contributed by atoms with Crippen LogP contribution in [-0.4, -0.2) is 35.7 Å². The summed E-state index contributed by atoms with van der Waals surface area (Å²) in [5, 5.41) is 7.63. The van der Waals surface area contributed by atoms with Gasteiger partial charge < -0.3 is 5.32 Å². The fraction of sp³-hybridized carbons (Fsp3) is 0.471. The van der Waals surface area contributed by atoms with Crippen LogP contribution in [-0.2, 0) is 16.4 Å². The van der Waals surface area contributed by atoms with Gasteiger partial charge in [0.2, 0.25) is 0 Å². The molecule has 0 radical (unpaired) electrons. The molecule has 5 nitrogen and oxygen atoms in total. The Labute approximate surface area is 137 Å². The molecule has 1 heterocycles. The van der Waals surface area contributed by atoms with Crippen LogP contribution < -0.4 is 5.32 Å². The summed E-state index contributed by atoms with van der Waals surface area (Å²) >= 11 is 0. The second-order valence-corrected chi connectivity index (χ2v) is 8.60. The van der Waals surface area contributed by atoms with Crippen LogP contribution in [0, 0.1) is 0 Å². The van der Waals surface area contributed by atoms with E-state index in [0.717, 1.165) is 37.1 Å². The summed E-state index contributed by atoms with van der Waals surface area (Å²) in [5.41, 5.74) is 2.22. The molecule has 124 valence electrons. The Morgan fingerprint density at radius 3 is 2.83 bits per heavy atom. The Kier molecular flexibility index (Phi) is 4.82. The van der Waals surface area contributed by atoms with Gasteiger partial charge in [-0.3, -0.25) is 0 Å². The third-order valence-electron chi connectivity index (χ3n) is 4.56. The first kappa shape index (κ1) is 16.2. The van der Waals surface area contributed by atoms with Crippen LogP contribution in [0.15, 0.2) is 42.7 Å². The van der Waals surface area contributed by atoms with Crippen LogP contribution in [0.25, 0.3) is 5.69 Å². The van der Waals surface area contributed by atoms with Crippen molar-refractivity contribution < 1.29 is 8.42 Å². The summed E-state index contributed by atoms with van der Waals surface area (Å²) in [4.78, 5) is 0. The molecule has 2 aromatic rings. The summed E-state index contributed by atoms with van der Waals surface area (Å²) < 4.78 is 25.4. The lowest BCUT2D eigenvalue weighted by atomic mass is 9.94. The number of rotatable bonds is 5. The fourth-order valence-corrected chi connectivity index (χ4v) is 4.45. The van der Waals surface area contributed by atoms with Crippen molar-refractivity contribution in [2.45, 2.75) is 43.5 Å². The van der Waals surface area contributed by atoms with Crippen LogP contribution in [0.2, 0.25) is 0 Å². The van der Waals surface area contributed by atoms with Crippen molar-refractivity contribution in [1.82, 2.24) is 15.1 Å². The smallest absolute Gasteiger partial charge is 0.150 e. The van der Waals surface area contributed by atoms with Gasteiger partial charge in [-0.1, -0.05) is 24.6 Å². The molecule has 2 atom stereocenters. The molecule has 0 spiro atoms. The molecule has 23 heavy (non-hydrogen) atoms. The largest absolute Gasteiger partial charge is 0.310 e. The average molecular weight is 333 g/mol. The minimum absolute atomic E-state index is 0.199. The average Bonchev–Trinajstić information content (AvgIpc) is 3.07. The first-order valence-corrected chi connectivity index (χ1v) is 9.99. The SMILES string of the molecule is CS(=O)(=O)[C@H]1CCC[C@@H](NCc2ccccc2-n2cccn2)C1. The minimum Gasteiger partial charge on any atom is -0.310 e. The van der Waals surface area contributed by atoms with E-state index in [1.165, 1.54) is 6.26 Å². The number of hydrogen-bond acceptors (Lipinski definition) is 4. The van der Waals surface area contributed by atoms with E-state index in [2.05, 4.69) is 16.5 Å². The maximum absolute atomic E-state index is 11.8. The number of benzene rings is 1. The predicted octanol–water partition coefficient (Wildman–Crippen LogP) is 2.32. The number of sulfone groups is 1. The topological polar surface area (TPSA) is 64.0 Å². The molecule has 1 fully saturated rings. The molecule has 0 unspecified atom stereocenters. The van der Waals surface area contributed by atoms with E-state index in [1.807, 2.05) is 35.1 Å². The Bertz CT molecular complexity index is 741. The van der Waals surface area contributed by atoms with Gasteiger partial charge in [-0.25, -0.2) is 13.1 Å². The standard InChI is InChI=1S/C17H23N3O2S/c1-23(21,22)16-8-4-7-15(12-16)18-13-14-6-2-3-9-17(14)20-11-5-10-19-20/h2-3,5-6,9-11,15-16,18H,4,7-8,12-13H2,1H3/t15-,16+/m1/s1. The Morgan fingerprint density at radius 2 is 2.09 bits per heavy atom. The lowest BCUT2D eigenvalue weighted by molar-refractivity contribution is 0.371. The quantitative estimate of drug-likeness (QED) is 0.912. The number of aromatic nitrogens is 2. The van der Waals surface area contributed by atoms with Crippen LogP contribution in [0.3, 0.4) is 0 Å². The summed E-state index contributed by atoms with van der Waals surface area (Å²) in [6, 6.07) is 10.3. The van der Waals surface area contributed by atoms with E-state index in [9.17, 15) is 8.42 Å².